The van der Waals surface area contributed by atoms with Gasteiger partial charge in [-0.15, -0.1) is 6.58 Å². The van der Waals surface area contributed by atoms with Gasteiger partial charge in [0.1, 0.15) is 0 Å². The molecule has 4 atom stereocenters. The Kier molecular flexibility index (Phi) is 7.48. The maximum absolute atomic E-state index is 15.0. The molecule has 2 aromatic rings. The van der Waals surface area contributed by atoms with Crippen LogP contribution in [0.5, 0.6) is 5.75 Å². The van der Waals surface area contributed by atoms with E-state index in [-0.39, 0.29) is 17.2 Å². The second-order valence-corrected chi connectivity index (χ2v) is 9.50. The molecule has 0 bridgehead atoms. The van der Waals surface area contributed by atoms with Crippen LogP contribution in [0.2, 0.25) is 0 Å². The first kappa shape index (κ1) is 23.5. The van der Waals surface area contributed by atoms with Crippen molar-refractivity contribution in [3.63, 3.8) is 0 Å². The van der Waals surface area contributed by atoms with Gasteiger partial charge in [-0.1, -0.05) is 30.4 Å². The summed E-state index contributed by atoms with van der Waals surface area (Å²) in [4.78, 5) is 0. The number of rotatable bonds is 5. The summed E-state index contributed by atoms with van der Waals surface area (Å²) in [6, 6.07) is 7.51. The minimum Gasteiger partial charge on any atom is -0.494 e. The van der Waals surface area contributed by atoms with Crippen molar-refractivity contribution in [3.05, 3.63) is 77.1 Å². The highest BCUT2D eigenvalue weighted by Crippen LogP contribution is 2.48. The molecule has 0 spiro atoms. The molecule has 0 aliphatic heterocycles. The van der Waals surface area contributed by atoms with E-state index in [2.05, 4.69) is 18.4 Å². The van der Waals surface area contributed by atoms with Crippen molar-refractivity contribution in [1.82, 2.24) is 0 Å². The molecule has 2 aliphatic rings. The second kappa shape index (κ2) is 10.5. The van der Waals surface area contributed by atoms with Crippen molar-refractivity contribution in [2.24, 2.45) is 17.8 Å². The number of fused-ring (bicyclic) bond motifs is 1. The molecular weight excluding hydrogens is 421 g/mol. The van der Waals surface area contributed by atoms with Crippen molar-refractivity contribution in [3.8, 4) is 17.6 Å². The highest BCUT2D eigenvalue weighted by Gasteiger charge is 2.36. The zero-order valence-electron chi connectivity index (χ0n) is 19.2. The molecule has 0 aromatic heterocycles. The van der Waals surface area contributed by atoms with E-state index in [1.165, 1.54) is 44.9 Å². The molecule has 0 amide bonds. The first-order valence-electron chi connectivity index (χ1n) is 11.9. The van der Waals surface area contributed by atoms with Gasteiger partial charge in [-0.2, -0.15) is 0 Å². The average Bonchev–Trinajstić information content (AvgIpc) is 2.83. The molecule has 2 aromatic carbocycles. The Morgan fingerprint density at radius 2 is 1.76 bits per heavy atom. The summed E-state index contributed by atoms with van der Waals surface area (Å²) in [7, 11) is 1.38. The molecule has 2 saturated carbocycles. The van der Waals surface area contributed by atoms with E-state index in [9.17, 15) is 8.78 Å². The fraction of sp³-hybridized carbons (Fsp3) is 0.448. The van der Waals surface area contributed by atoms with Gasteiger partial charge in [-0.25, -0.2) is 13.2 Å². The van der Waals surface area contributed by atoms with Crippen molar-refractivity contribution < 1.29 is 17.9 Å². The molecule has 0 radical (unpaired) electrons. The highest BCUT2D eigenvalue weighted by atomic mass is 19.2. The van der Waals surface area contributed by atoms with Crippen LogP contribution in [0, 0.1) is 47.0 Å². The number of ether oxygens (including phenoxy) is 1. The van der Waals surface area contributed by atoms with Crippen LogP contribution in [0.4, 0.5) is 13.2 Å². The molecule has 1 nitrogen and oxygen atoms in total. The predicted molar refractivity (Wildman–Crippen MR) is 126 cm³/mol. The van der Waals surface area contributed by atoms with Gasteiger partial charge in [-0.05, 0) is 98.4 Å². The second-order valence-electron chi connectivity index (χ2n) is 9.50. The average molecular weight is 453 g/mol. The lowest BCUT2D eigenvalue weighted by Gasteiger charge is -2.42. The molecule has 2 fully saturated rings. The number of allylic oxidation sites excluding steroid dienone is 1. The van der Waals surface area contributed by atoms with Gasteiger partial charge in [0, 0.05) is 5.56 Å². The highest BCUT2D eigenvalue weighted by molar-refractivity contribution is 5.46. The molecule has 33 heavy (non-hydrogen) atoms. The number of hydrogen-bond acceptors (Lipinski definition) is 1. The fourth-order valence-electron chi connectivity index (χ4n) is 5.74. The first-order chi connectivity index (χ1) is 16.0. The summed E-state index contributed by atoms with van der Waals surface area (Å²) in [5, 5.41) is 0. The Balaban J connectivity index is 1.45. The lowest BCUT2D eigenvalue weighted by molar-refractivity contribution is 0.114. The predicted octanol–water partition coefficient (Wildman–Crippen LogP) is 7.78. The van der Waals surface area contributed by atoms with E-state index in [0.29, 0.717) is 23.0 Å². The Hall–Kier alpha value is -2.67. The van der Waals surface area contributed by atoms with Crippen molar-refractivity contribution in [2.75, 3.05) is 7.11 Å². The molecule has 4 heteroatoms. The third-order valence-corrected chi connectivity index (χ3v) is 7.55. The van der Waals surface area contributed by atoms with E-state index >= 15 is 4.39 Å². The third kappa shape index (κ3) is 5.29. The molecule has 4 rings (SSSR count). The standard InChI is InChI=1S/C29H31F3O/c1-3-4-5-19-7-10-23-18-24(12-11-22(23)16-19)25-14-13-21(28(31)29(25)32)9-6-20-8-15-27(33-2)26(30)17-20/h3,8,13-15,17,19,22-24H,1,4-5,7,10-12,16,18H2,2H3. The summed E-state index contributed by atoms with van der Waals surface area (Å²) < 4.78 is 48.6. The summed E-state index contributed by atoms with van der Waals surface area (Å²) >= 11 is 0. The molecule has 4 unspecified atom stereocenters. The Morgan fingerprint density at radius 3 is 2.52 bits per heavy atom. The molecule has 0 N–H and O–H groups in total. The van der Waals surface area contributed by atoms with Gasteiger partial charge >= 0.3 is 0 Å². The quantitative estimate of drug-likeness (QED) is 0.332. The molecule has 2 aliphatic carbocycles. The number of halogens is 3. The zero-order valence-corrected chi connectivity index (χ0v) is 19.2. The fourth-order valence-corrected chi connectivity index (χ4v) is 5.74. The van der Waals surface area contributed by atoms with E-state index in [4.69, 9.17) is 4.74 Å². The van der Waals surface area contributed by atoms with Crippen LogP contribution in [0.15, 0.2) is 43.0 Å². The van der Waals surface area contributed by atoms with Crippen LogP contribution >= 0.6 is 0 Å². The van der Waals surface area contributed by atoms with E-state index in [1.54, 1.807) is 18.2 Å². The van der Waals surface area contributed by atoms with Gasteiger partial charge < -0.3 is 4.74 Å². The minimum atomic E-state index is -0.913. The van der Waals surface area contributed by atoms with Crippen LogP contribution in [0.25, 0.3) is 0 Å². The van der Waals surface area contributed by atoms with Crippen LogP contribution in [-0.2, 0) is 0 Å². The van der Waals surface area contributed by atoms with Gasteiger partial charge in [0.05, 0.1) is 12.7 Å². The summed E-state index contributed by atoms with van der Waals surface area (Å²) in [5.41, 5.74) is 0.837. The SMILES string of the molecule is C=CCCC1CCC2CC(c3ccc(C#Cc4ccc(OC)c(F)c4)c(F)c3F)CCC2C1. The van der Waals surface area contributed by atoms with Crippen LogP contribution in [0.1, 0.15) is 74.0 Å². The topological polar surface area (TPSA) is 9.23 Å². The van der Waals surface area contributed by atoms with Crippen molar-refractivity contribution >= 4 is 0 Å². The Bertz CT molecular complexity index is 1060. The normalized spacial score (nSPS) is 24.4. The molecule has 0 heterocycles. The van der Waals surface area contributed by atoms with Crippen molar-refractivity contribution in [1.29, 1.82) is 0 Å². The van der Waals surface area contributed by atoms with Gasteiger partial charge in [0.2, 0.25) is 0 Å². The largest absolute Gasteiger partial charge is 0.494 e. The van der Waals surface area contributed by atoms with Gasteiger partial charge in [-0.3, -0.25) is 0 Å². The lowest BCUT2D eigenvalue weighted by atomic mass is 9.63. The van der Waals surface area contributed by atoms with Gasteiger partial charge in [0.15, 0.2) is 23.2 Å². The van der Waals surface area contributed by atoms with Crippen LogP contribution < -0.4 is 4.74 Å². The Morgan fingerprint density at radius 1 is 0.970 bits per heavy atom. The minimum absolute atomic E-state index is 0.0103. The maximum Gasteiger partial charge on any atom is 0.174 e. The van der Waals surface area contributed by atoms with Crippen molar-refractivity contribution in [2.45, 2.75) is 57.3 Å². The molecule has 0 saturated heterocycles. The number of benzene rings is 2. The zero-order chi connectivity index (χ0) is 23.4. The third-order valence-electron chi connectivity index (χ3n) is 7.55. The first-order valence-corrected chi connectivity index (χ1v) is 11.9. The maximum atomic E-state index is 15.0. The monoisotopic (exact) mass is 452 g/mol. The summed E-state index contributed by atoms with van der Waals surface area (Å²) in [6.45, 7) is 3.83. The smallest absolute Gasteiger partial charge is 0.174 e. The summed E-state index contributed by atoms with van der Waals surface area (Å²) in [6.07, 6.45) is 10.9. The van der Waals surface area contributed by atoms with Gasteiger partial charge in [0.25, 0.3) is 0 Å². The Labute approximate surface area is 195 Å². The number of methoxy groups -OCH3 is 1. The summed E-state index contributed by atoms with van der Waals surface area (Å²) in [5.74, 6) is 5.40. The van der Waals surface area contributed by atoms with Crippen LogP contribution in [-0.4, -0.2) is 7.11 Å². The molecule has 174 valence electrons. The lowest BCUT2D eigenvalue weighted by Crippen LogP contribution is -2.30. The van der Waals surface area contributed by atoms with E-state index in [0.717, 1.165) is 31.6 Å². The number of hydrogen-bond donors (Lipinski definition) is 0. The van der Waals surface area contributed by atoms with E-state index < -0.39 is 17.5 Å². The van der Waals surface area contributed by atoms with Crippen LogP contribution in [0.3, 0.4) is 0 Å². The molecular formula is C29H31F3O. The van der Waals surface area contributed by atoms with E-state index in [1.807, 2.05) is 6.08 Å².